The highest BCUT2D eigenvalue weighted by molar-refractivity contribution is 5.78. The minimum absolute atomic E-state index is 0.0553. The Morgan fingerprint density at radius 3 is 2.56 bits per heavy atom. The molecule has 6 heteroatoms. The van der Waals surface area contributed by atoms with Crippen LogP contribution in [0.25, 0.3) is 0 Å². The van der Waals surface area contributed by atoms with Crippen molar-refractivity contribution in [2.24, 2.45) is 5.92 Å². The van der Waals surface area contributed by atoms with Gasteiger partial charge in [-0.3, -0.25) is 4.79 Å². The van der Waals surface area contributed by atoms with Gasteiger partial charge in [0.05, 0.1) is 6.04 Å². The molecule has 1 fully saturated rings. The lowest BCUT2D eigenvalue weighted by atomic mass is 10.0. The zero-order chi connectivity index (χ0) is 19.6. The Labute approximate surface area is 160 Å². The molecule has 27 heavy (non-hydrogen) atoms. The van der Waals surface area contributed by atoms with Gasteiger partial charge in [0.2, 0.25) is 5.91 Å². The van der Waals surface area contributed by atoms with E-state index in [1.807, 2.05) is 18.7 Å². The molecule has 3 rings (SSSR count). The predicted octanol–water partition coefficient (Wildman–Crippen LogP) is 3.50. The van der Waals surface area contributed by atoms with Crippen LogP contribution in [0.15, 0.2) is 30.6 Å². The summed E-state index contributed by atoms with van der Waals surface area (Å²) in [5, 5.41) is 0. The summed E-state index contributed by atoms with van der Waals surface area (Å²) in [6, 6.07) is 6.45. The van der Waals surface area contributed by atoms with Gasteiger partial charge in [-0.1, -0.05) is 26.0 Å². The Morgan fingerprint density at radius 2 is 1.89 bits per heavy atom. The average Bonchev–Trinajstić information content (AvgIpc) is 2.79. The molecule has 144 valence electrons. The summed E-state index contributed by atoms with van der Waals surface area (Å²) in [6.45, 7) is 10.1. The summed E-state index contributed by atoms with van der Waals surface area (Å²) in [5.74, 6) is 1.06. The van der Waals surface area contributed by atoms with Crippen molar-refractivity contribution in [3.05, 3.63) is 53.2 Å². The Kier molecular flexibility index (Phi) is 5.73. The highest BCUT2D eigenvalue weighted by atomic mass is 19.1. The molecule has 0 saturated carbocycles. The van der Waals surface area contributed by atoms with E-state index in [0.717, 1.165) is 29.2 Å². The number of anilines is 1. The largest absolute Gasteiger partial charge is 0.354 e. The summed E-state index contributed by atoms with van der Waals surface area (Å²) in [7, 11) is 0. The number of rotatable bonds is 4. The summed E-state index contributed by atoms with van der Waals surface area (Å²) >= 11 is 0. The van der Waals surface area contributed by atoms with Crippen LogP contribution >= 0.6 is 0 Å². The number of amides is 1. The normalized spacial score (nSPS) is 18.1. The lowest BCUT2D eigenvalue weighted by Gasteiger charge is -2.35. The van der Waals surface area contributed by atoms with Gasteiger partial charge in [-0.25, -0.2) is 14.4 Å². The maximum Gasteiger partial charge on any atom is 0.224 e. The molecule has 0 aliphatic carbocycles. The van der Waals surface area contributed by atoms with E-state index >= 15 is 0 Å². The number of benzene rings is 1. The van der Waals surface area contributed by atoms with Crippen LogP contribution in [0.1, 0.15) is 37.1 Å². The zero-order valence-electron chi connectivity index (χ0n) is 16.4. The second-order valence-corrected chi connectivity index (χ2v) is 7.56. The zero-order valence-corrected chi connectivity index (χ0v) is 16.4. The number of halogens is 1. The van der Waals surface area contributed by atoms with E-state index in [-0.39, 0.29) is 17.8 Å². The van der Waals surface area contributed by atoms with E-state index in [0.29, 0.717) is 25.4 Å². The van der Waals surface area contributed by atoms with E-state index in [9.17, 15) is 9.18 Å². The predicted molar refractivity (Wildman–Crippen MR) is 104 cm³/mol. The lowest BCUT2D eigenvalue weighted by Crippen LogP contribution is -2.46. The number of nitrogens with zero attached hydrogens (tertiary/aromatic N) is 4. The molecule has 1 atom stereocenters. The van der Waals surface area contributed by atoms with E-state index < -0.39 is 0 Å². The summed E-state index contributed by atoms with van der Waals surface area (Å²) in [5.41, 5.74) is 2.96. The van der Waals surface area contributed by atoms with E-state index in [1.165, 1.54) is 12.1 Å². The van der Waals surface area contributed by atoms with Crippen molar-refractivity contribution >= 4 is 11.7 Å². The second kappa shape index (κ2) is 8.03. The second-order valence-electron chi connectivity index (χ2n) is 7.56. The van der Waals surface area contributed by atoms with Crippen LogP contribution in [0.4, 0.5) is 10.2 Å². The van der Waals surface area contributed by atoms with Gasteiger partial charge in [-0.05, 0) is 37.5 Å². The van der Waals surface area contributed by atoms with Gasteiger partial charge in [0.15, 0.2) is 0 Å². The standard InChI is InChI=1S/C21H27FN4O/c1-14(2)19-12-25(21-15(3)16(4)23-13-24-21)10-9-20(27)26(19)11-17-5-7-18(22)8-6-17/h5-8,13-14,19H,9-12H2,1-4H3/t19-/m1/s1. The Morgan fingerprint density at radius 1 is 1.19 bits per heavy atom. The third-order valence-electron chi connectivity index (χ3n) is 5.37. The third kappa shape index (κ3) is 4.26. The fraction of sp³-hybridized carbons (Fsp3) is 0.476. The molecule has 1 amide bonds. The molecule has 1 aliphatic heterocycles. The highest BCUT2D eigenvalue weighted by Crippen LogP contribution is 2.26. The molecule has 0 radical (unpaired) electrons. The number of hydrogen-bond donors (Lipinski definition) is 0. The topological polar surface area (TPSA) is 49.3 Å². The van der Waals surface area contributed by atoms with Crippen LogP contribution in [-0.2, 0) is 11.3 Å². The molecule has 0 N–H and O–H groups in total. The molecule has 0 spiro atoms. The van der Waals surface area contributed by atoms with Gasteiger partial charge in [0, 0.05) is 37.3 Å². The first-order chi connectivity index (χ1) is 12.9. The van der Waals surface area contributed by atoms with Crippen LogP contribution in [-0.4, -0.2) is 39.9 Å². The average molecular weight is 370 g/mol. The Hall–Kier alpha value is -2.50. The number of aromatic nitrogens is 2. The molecular weight excluding hydrogens is 343 g/mol. The monoisotopic (exact) mass is 370 g/mol. The fourth-order valence-electron chi connectivity index (χ4n) is 3.57. The first kappa shape index (κ1) is 19.3. The van der Waals surface area contributed by atoms with Crippen molar-refractivity contribution in [2.45, 2.75) is 46.7 Å². The number of aryl methyl sites for hydroxylation is 1. The minimum atomic E-state index is -0.262. The van der Waals surface area contributed by atoms with Crippen LogP contribution < -0.4 is 4.90 Å². The van der Waals surface area contributed by atoms with Gasteiger partial charge in [0.1, 0.15) is 18.0 Å². The molecule has 1 aromatic carbocycles. The first-order valence-electron chi connectivity index (χ1n) is 9.44. The highest BCUT2D eigenvalue weighted by Gasteiger charge is 2.32. The summed E-state index contributed by atoms with van der Waals surface area (Å²) in [6.07, 6.45) is 2.03. The van der Waals surface area contributed by atoms with Crippen LogP contribution in [0, 0.1) is 25.6 Å². The van der Waals surface area contributed by atoms with Crippen LogP contribution in [0.2, 0.25) is 0 Å². The van der Waals surface area contributed by atoms with Gasteiger partial charge in [-0.2, -0.15) is 0 Å². The first-order valence-corrected chi connectivity index (χ1v) is 9.44. The lowest BCUT2D eigenvalue weighted by molar-refractivity contribution is -0.134. The molecule has 1 aromatic heterocycles. The van der Waals surface area contributed by atoms with E-state index in [1.54, 1.807) is 18.5 Å². The van der Waals surface area contributed by atoms with Crippen molar-refractivity contribution in [2.75, 3.05) is 18.0 Å². The molecule has 2 aromatic rings. The molecule has 1 saturated heterocycles. The van der Waals surface area contributed by atoms with Crippen LogP contribution in [0.3, 0.4) is 0 Å². The summed E-state index contributed by atoms with van der Waals surface area (Å²) in [4.78, 5) is 25.8. The molecule has 1 aliphatic rings. The van der Waals surface area contributed by atoms with Gasteiger partial charge in [-0.15, -0.1) is 0 Å². The number of hydrogen-bond acceptors (Lipinski definition) is 4. The molecule has 2 heterocycles. The van der Waals surface area contributed by atoms with Gasteiger partial charge < -0.3 is 9.80 Å². The molecule has 0 bridgehead atoms. The van der Waals surface area contributed by atoms with Crippen LogP contribution in [0.5, 0.6) is 0 Å². The maximum absolute atomic E-state index is 13.2. The number of carbonyl (C=O) groups excluding carboxylic acids is 1. The van der Waals surface area contributed by atoms with Crippen molar-refractivity contribution in [1.82, 2.24) is 14.9 Å². The van der Waals surface area contributed by atoms with E-state index in [2.05, 4.69) is 28.7 Å². The molecule has 0 unspecified atom stereocenters. The third-order valence-corrected chi connectivity index (χ3v) is 5.37. The summed E-state index contributed by atoms with van der Waals surface area (Å²) < 4.78 is 13.2. The fourth-order valence-corrected chi connectivity index (χ4v) is 3.57. The van der Waals surface area contributed by atoms with E-state index in [4.69, 9.17) is 0 Å². The van der Waals surface area contributed by atoms with Crippen molar-refractivity contribution in [3.63, 3.8) is 0 Å². The quantitative estimate of drug-likeness (QED) is 0.827. The smallest absolute Gasteiger partial charge is 0.224 e. The Bertz CT molecular complexity index is 806. The SMILES string of the molecule is Cc1ncnc(N2CCC(=O)N(Cc3ccc(F)cc3)[C@@H](C(C)C)C2)c1C. The van der Waals surface area contributed by atoms with Crippen molar-refractivity contribution < 1.29 is 9.18 Å². The van der Waals surface area contributed by atoms with Gasteiger partial charge >= 0.3 is 0 Å². The van der Waals surface area contributed by atoms with Crippen molar-refractivity contribution in [1.29, 1.82) is 0 Å². The molecular formula is C21H27FN4O. The molecule has 5 nitrogen and oxygen atoms in total. The maximum atomic E-state index is 13.2. The minimum Gasteiger partial charge on any atom is -0.354 e. The van der Waals surface area contributed by atoms with Gasteiger partial charge in [0.25, 0.3) is 0 Å². The number of carbonyl (C=O) groups is 1. The van der Waals surface area contributed by atoms with Crippen molar-refractivity contribution in [3.8, 4) is 0 Å². The Balaban J connectivity index is 1.88.